The molecule has 0 atom stereocenters. The van der Waals surface area contributed by atoms with E-state index in [9.17, 15) is 0 Å². The summed E-state index contributed by atoms with van der Waals surface area (Å²) in [6.45, 7) is 14.9. The predicted octanol–water partition coefficient (Wildman–Crippen LogP) is 3.42. The molecule has 0 radical (unpaired) electrons. The highest BCUT2D eigenvalue weighted by atomic mass is 16.5. The molecule has 0 aromatic carbocycles. The predicted molar refractivity (Wildman–Crippen MR) is 80.8 cm³/mol. The van der Waals surface area contributed by atoms with Crippen LogP contribution in [0.25, 0.3) is 0 Å². The van der Waals surface area contributed by atoms with Crippen LogP contribution in [0, 0.1) is 6.92 Å². The van der Waals surface area contributed by atoms with E-state index in [0.29, 0.717) is 25.9 Å². The molecule has 1 aromatic rings. The van der Waals surface area contributed by atoms with Crippen molar-refractivity contribution in [3.8, 4) is 0 Å². The highest BCUT2D eigenvalue weighted by molar-refractivity contribution is 5.20. The van der Waals surface area contributed by atoms with Gasteiger partial charge in [0.15, 0.2) is 0 Å². The molecule has 0 spiro atoms. The quantitative estimate of drug-likeness (QED) is 0.742. The van der Waals surface area contributed by atoms with Gasteiger partial charge in [0.05, 0.1) is 18.8 Å². The Bertz CT molecular complexity index is 391. The van der Waals surface area contributed by atoms with Crippen LogP contribution in [-0.4, -0.2) is 24.9 Å². The van der Waals surface area contributed by atoms with Gasteiger partial charge in [0.25, 0.3) is 0 Å². The van der Waals surface area contributed by atoms with Gasteiger partial charge in [-0.1, -0.05) is 13.8 Å². The molecular weight excluding hydrogens is 254 g/mol. The summed E-state index contributed by atoms with van der Waals surface area (Å²) in [5.74, 6) is 1.83. The number of nitrogens with one attached hydrogen (secondary N) is 1. The zero-order valence-corrected chi connectivity index (χ0v) is 13.7. The molecule has 0 aliphatic rings. The van der Waals surface area contributed by atoms with Gasteiger partial charge in [-0.05, 0) is 33.8 Å². The average molecular weight is 283 g/mol. The fourth-order valence-electron chi connectivity index (χ4n) is 1.73. The van der Waals surface area contributed by atoms with E-state index in [4.69, 9.17) is 13.9 Å². The van der Waals surface area contributed by atoms with Crippen molar-refractivity contribution in [3.63, 3.8) is 0 Å². The molecule has 0 saturated heterocycles. The minimum absolute atomic E-state index is 0.111. The maximum atomic E-state index is 5.69. The van der Waals surface area contributed by atoms with Gasteiger partial charge >= 0.3 is 0 Å². The van der Waals surface area contributed by atoms with Crippen molar-refractivity contribution >= 4 is 0 Å². The monoisotopic (exact) mass is 283 g/mol. The third-order valence-electron chi connectivity index (χ3n) is 2.78. The van der Waals surface area contributed by atoms with Crippen LogP contribution >= 0.6 is 0 Å². The van der Waals surface area contributed by atoms with E-state index < -0.39 is 0 Å². The molecule has 4 nitrogen and oxygen atoms in total. The lowest BCUT2D eigenvalue weighted by molar-refractivity contribution is -0.0395. The van der Waals surface area contributed by atoms with Gasteiger partial charge in [-0.15, -0.1) is 0 Å². The summed E-state index contributed by atoms with van der Waals surface area (Å²) in [4.78, 5) is 0. The third kappa shape index (κ3) is 7.08. The molecule has 1 rings (SSSR count). The molecule has 0 aliphatic heterocycles. The molecule has 0 amide bonds. The number of aryl methyl sites for hydroxylation is 1. The van der Waals surface area contributed by atoms with Crippen LogP contribution < -0.4 is 5.32 Å². The second kappa shape index (κ2) is 7.81. The zero-order chi connectivity index (χ0) is 15.2. The molecular formula is C16H29NO3. The van der Waals surface area contributed by atoms with E-state index in [2.05, 4.69) is 25.2 Å². The average Bonchev–Trinajstić information content (AvgIpc) is 2.65. The Labute approximate surface area is 122 Å². The minimum atomic E-state index is -0.111. The number of furan rings is 1. The first kappa shape index (κ1) is 17.2. The van der Waals surface area contributed by atoms with Crippen LogP contribution in [-0.2, 0) is 22.6 Å². The minimum Gasteiger partial charge on any atom is -0.464 e. The second-order valence-electron chi connectivity index (χ2n) is 6.34. The second-order valence-corrected chi connectivity index (χ2v) is 6.34. The Morgan fingerprint density at radius 2 is 1.95 bits per heavy atom. The van der Waals surface area contributed by atoms with Crippen LogP contribution in [0.1, 0.15) is 51.7 Å². The number of hydrogen-bond donors (Lipinski definition) is 1. The van der Waals surface area contributed by atoms with Gasteiger partial charge in [0, 0.05) is 18.2 Å². The molecule has 1 aromatic heterocycles. The first-order chi connectivity index (χ1) is 9.28. The molecule has 1 heterocycles. The Morgan fingerprint density at radius 3 is 2.55 bits per heavy atom. The summed E-state index contributed by atoms with van der Waals surface area (Å²) in [7, 11) is 0. The maximum Gasteiger partial charge on any atom is 0.130 e. The summed E-state index contributed by atoms with van der Waals surface area (Å²) >= 11 is 0. The van der Waals surface area contributed by atoms with E-state index in [0.717, 1.165) is 18.1 Å². The number of hydrogen-bond acceptors (Lipinski definition) is 4. The maximum absolute atomic E-state index is 5.69. The Kier molecular flexibility index (Phi) is 6.72. The first-order valence-electron chi connectivity index (χ1n) is 7.31. The Morgan fingerprint density at radius 1 is 1.25 bits per heavy atom. The summed E-state index contributed by atoms with van der Waals surface area (Å²) in [5, 5.41) is 3.39. The van der Waals surface area contributed by atoms with E-state index >= 15 is 0 Å². The fraction of sp³-hybridized carbons (Fsp3) is 0.750. The van der Waals surface area contributed by atoms with Crippen LogP contribution in [0.5, 0.6) is 0 Å². The largest absolute Gasteiger partial charge is 0.464 e. The van der Waals surface area contributed by atoms with E-state index in [1.807, 2.05) is 27.7 Å². The molecule has 0 fully saturated rings. The molecule has 0 saturated carbocycles. The Balaban J connectivity index is 2.29. The van der Waals surface area contributed by atoms with Gasteiger partial charge in [-0.2, -0.15) is 0 Å². The lowest BCUT2D eigenvalue weighted by Crippen LogP contribution is -2.22. The molecule has 20 heavy (non-hydrogen) atoms. The summed E-state index contributed by atoms with van der Waals surface area (Å²) in [6.07, 6.45) is 0. The summed E-state index contributed by atoms with van der Waals surface area (Å²) in [6, 6.07) is 2.54. The molecule has 116 valence electrons. The van der Waals surface area contributed by atoms with Crippen molar-refractivity contribution in [1.82, 2.24) is 5.32 Å². The van der Waals surface area contributed by atoms with Crippen molar-refractivity contribution in [3.05, 3.63) is 23.2 Å². The highest BCUT2D eigenvalue weighted by Crippen LogP contribution is 2.15. The molecule has 1 N–H and O–H groups in total. The van der Waals surface area contributed by atoms with Crippen LogP contribution in [0.3, 0.4) is 0 Å². The van der Waals surface area contributed by atoms with Crippen molar-refractivity contribution in [1.29, 1.82) is 0 Å². The van der Waals surface area contributed by atoms with Gasteiger partial charge in [0.2, 0.25) is 0 Å². The van der Waals surface area contributed by atoms with Crippen molar-refractivity contribution in [2.45, 2.75) is 66.3 Å². The SMILES string of the molecule is Cc1oc(COCCOC(C)(C)C)cc1CNC(C)C. The lowest BCUT2D eigenvalue weighted by atomic mass is 10.2. The molecule has 0 unspecified atom stereocenters. The Hall–Kier alpha value is -0.840. The van der Waals surface area contributed by atoms with Gasteiger partial charge in [-0.3, -0.25) is 0 Å². The topological polar surface area (TPSA) is 43.6 Å². The lowest BCUT2D eigenvalue weighted by Gasteiger charge is -2.19. The van der Waals surface area contributed by atoms with Crippen molar-refractivity contribution in [2.24, 2.45) is 0 Å². The zero-order valence-electron chi connectivity index (χ0n) is 13.7. The smallest absolute Gasteiger partial charge is 0.130 e. The standard InChI is InChI=1S/C16H29NO3/c1-12(2)17-10-14-9-15(20-13(14)3)11-18-7-8-19-16(4,5)6/h9,12,17H,7-8,10-11H2,1-6H3. The van der Waals surface area contributed by atoms with Crippen molar-refractivity contribution in [2.75, 3.05) is 13.2 Å². The van der Waals surface area contributed by atoms with Crippen molar-refractivity contribution < 1.29 is 13.9 Å². The summed E-state index contributed by atoms with van der Waals surface area (Å²) in [5.41, 5.74) is 1.09. The third-order valence-corrected chi connectivity index (χ3v) is 2.78. The fourth-order valence-corrected chi connectivity index (χ4v) is 1.73. The molecule has 0 aliphatic carbocycles. The van der Waals surface area contributed by atoms with E-state index in [-0.39, 0.29) is 5.60 Å². The summed E-state index contributed by atoms with van der Waals surface area (Å²) < 4.78 is 16.9. The van der Waals surface area contributed by atoms with Crippen LogP contribution in [0.2, 0.25) is 0 Å². The first-order valence-corrected chi connectivity index (χ1v) is 7.31. The highest BCUT2D eigenvalue weighted by Gasteiger charge is 2.10. The molecule has 0 bridgehead atoms. The number of ether oxygens (including phenoxy) is 2. The van der Waals surface area contributed by atoms with Gasteiger partial charge in [-0.25, -0.2) is 0 Å². The number of rotatable bonds is 8. The van der Waals surface area contributed by atoms with E-state index in [1.54, 1.807) is 0 Å². The van der Waals surface area contributed by atoms with Crippen LogP contribution in [0.15, 0.2) is 10.5 Å². The van der Waals surface area contributed by atoms with E-state index in [1.165, 1.54) is 5.56 Å². The van der Waals surface area contributed by atoms with Crippen LogP contribution in [0.4, 0.5) is 0 Å². The van der Waals surface area contributed by atoms with Gasteiger partial charge < -0.3 is 19.2 Å². The van der Waals surface area contributed by atoms with Gasteiger partial charge in [0.1, 0.15) is 18.1 Å². The molecule has 4 heteroatoms. The normalized spacial score (nSPS) is 12.3.